The van der Waals surface area contributed by atoms with Crippen LogP contribution in [0.4, 0.5) is 0 Å². The lowest BCUT2D eigenvalue weighted by molar-refractivity contribution is -0.111. The van der Waals surface area contributed by atoms with Crippen molar-refractivity contribution >= 4 is 35.4 Å². The van der Waals surface area contributed by atoms with E-state index in [9.17, 15) is 4.79 Å². The number of morpholine rings is 1. The summed E-state index contributed by atoms with van der Waals surface area (Å²) in [6, 6.07) is 0. The highest BCUT2D eigenvalue weighted by Crippen LogP contribution is 1.97. The van der Waals surface area contributed by atoms with Gasteiger partial charge in [-0.3, -0.25) is 9.69 Å². The first-order valence-electron chi connectivity index (χ1n) is 5.29. The molecule has 1 aliphatic rings. The van der Waals surface area contributed by atoms with E-state index >= 15 is 0 Å². The third-order valence-corrected chi connectivity index (χ3v) is 2.79. The van der Waals surface area contributed by atoms with Gasteiger partial charge in [-0.2, -0.15) is 0 Å². The molecule has 0 aromatic rings. The third-order valence-electron chi connectivity index (χ3n) is 2.36. The second-order valence-electron chi connectivity index (χ2n) is 3.62. The summed E-state index contributed by atoms with van der Waals surface area (Å²) in [5.74, 6) is -0.0589. The summed E-state index contributed by atoms with van der Waals surface area (Å²) in [7, 11) is 0. The summed E-state index contributed by atoms with van der Waals surface area (Å²) in [5.41, 5.74) is 0. The SMILES string of the molecule is CC(=O)C(=S)NCCCN1CCOCC1.Cl. The van der Waals surface area contributed by atoms with E-state index in [1.54, 1.807) is 0 Å². The van der Waals surface area contributed by atoms with Gasteiger partial charge >= 0.3 is 0 Å². The number of thiocarbonyl (C=S) groups is 1. The van der Waals surface area contributed by atoms with Crippen molar-refractivity contribution in [3.63, 3.8) is 0 Å². The number of ketones is 1. The molecule has 0 aromatic heterocycles. The zero-order valence-corrected chi connectivity index (χ0v) is 11.2. The smallest absolute Gasteiger partial charge is 0.186 e. The number of rotatable bonds is 5. The molecule has 0 amide bonds. The second-order valence-corrected chi connectivity index (χ2v) is 4.03. The summed E-state index contributed by atoms with van der Waals surface area (Å²) < 4.78 is 5.25. The zero-order valence-electron chi connectivity index (χ0n) is 9.53. The minimum atomic E-state index is -0.0589. The monoisotopic (exact) mass is 266 g/mol. The largest absolute Gasteiger partial charge is 0.379 e. The van der Waals surface area contributed by atoms with Gasteiger partial charge in [0.25, 0.3) is 0 Å². The van der Waals surface area contributed by atoms with Crippen LogP contribution in [0, 0.1) is 0 Å². The molecule has 1 aliphatic heterocycles. The van der Waals surface area contributed by atoms with Crippen molar-refractivity contribution in [3.05, 3.63) is 0 Å². The lowest BCUT2D eigenvalue weighted by Gasteiger charge is -2.26. The van der Waals surface area contributed by atoms with E-state index < -0.39 is 0 Å². The highest BCUT2D eigenvalue weighted by atomic mass is 35.5. The zero-order chi connectivity index (χ0) is 11.1. The van der Waals surface area contributed by atoms with Gasteiger partial charge in [0.15, 0.2) is 5.78 Å². The van der Waals surface area contributed by atoms with Gasteiger partial charge in [-0.05, 0) is 13.0 Å². The van der Waals surface area contributed by atoms with Crippen LogP contribution in [0.5, 0.6) is 0 Å². The minimum Gasteiger partial charge on any atom is -0.379 e. The standard InChI is InChI=1S/C10H18N2O2S.ClH/c1-9(13)10(15)11-3-2-4-12-5-7-14-8-6-12;/h2-8H2,1H3,(H,11,15);1H. The van der Waals surface area contributed by atoms with Gasteiger partial charge in [-0.15, -0.1) is 12.4 Å². The average molecular weight is 267 g/mol. The van der Waals surface area contributed by atoms with Crippen molar-refractivity contribution < 1.29 is 9.53 Å². The fraction of sp³-hybridized carbons (Fsp3) is 0.800. The Hall–Kier alpha value is -0.230. The molecule has 0 unspecified atom stereocenters. The van der Waals surface area contributed by atoms with E-state index in [0.29, 0.717) is 4.99 Å². The van der Waals surface area contributed by atoms with Gasteiger partial charge in [0.2, 0.25) is 0 Å². The molecule has 1 heterocycles. The van der Waals surface area contributed by atoms with Crippen molar-refractivity contribution in [3.8, 4) is 0 Å². The maximum absolute atomic E-state index is 10.8. The van der Waals surface area contributed by atoms with Crippen molar-refractivity contribution in [1.29, 1.82) is 0 Å². The Morgan fingerprint density at radius 1 is 1.44 bits per heavy atom. The first-order chi connectivity index (χ1) is 7.20. The number of ether oxygens (including phenoxy) is 1. The number of carbonyl (C=O) groups excluding carboxylic acids is 1. The molecule has 0 spiro atoms. The summed E-state index contributed by atoms with van der Waals surface area (Å²) in [5, 5.41) is 2.95. The number of halogens is 1. The molecule has 1 rings (SSSR count). The van der Waals surface area contributed by atoms with E-state index in [4.69, 9.17) is 17.0 Å². The first kappa shape index (κ1) is 15.8. The maximum Gasteiger partial charge on any atom is 0.186 e. The number of Topliss-reactive ketones (excluding diaryl/α,β-unsaturated/α-hetero) is 1. The van der Waals surface area contributed by atoms with Crippen molar-refractivity contribution in [1.82, 2.24) is 10.2 Å². The van der Waals surface area contributed by atoms with E-state index in [1.807, 2.05) is 0 Å². The molecule has 1 fully saturated rings. The van der Waals surface area contributed by atoms with Crippen LogP contribution in [0.25, 0.3) is 0 Å². The summed E-state index contributed by atoms with van der Waals surface area (Å²) in [4.78, 5) is 13.5. The van der Waals surface area contributed by atoms with E-state index in [2.05, 4.69) is 10.2 Å². The summed E-state index contributed by atoms with van der Waals surface area (Å²) >= 11 is 4.85. The first-order valence-corrected chi connectivity index (χ1v) is 5.70. The summed E-state index contributed by atoms with van der Waals surface area (Å²) in [6.07, 6.45) is 1.01. The summed E-state index contributed by atoms with van der Waals surface area (Å²) in [6.45, 7) is 6.98. The topological polar surface area (TPSA) is 41.6 Å². The number of nitrogens with zero attached hydrogens (tertiary/aromatic N) is 1. The predicted molar refractivity (Wildman–Crippen MR) is 70.4 cm³/mol. The molecule has 0 radical (unpaired) electrons. The maximum atomic E-state index is 10.8. The fourth-order valence-corrected chi connectivity index (χ4v) is 1.56. The minimum absolute atomic E-state index is 0. The fourth-order valence-electron chi connectivity index (χ4n) is 1.45. The van der Waals surface area contributed by atoms with Gasteiger partial charge in [0.1, 0.15) is 4.99 Å². The Kier molecular flexibility index (Phi) is 8.74. The Morgan fingerprint density at radius 3 is 2.62 bits per heavy atom. The molecule has 1 N–H and O–H groups in total. The van der Waals surface area contributed by atoms with Crippen LogP contribution in [0.1, 0.15) is 13.3 Å². The molecule has 0 saturated carbocycles. The van der Waals surface area contributed by atoms with Gasteiger partial charge in [-0.25, -0.2) is 0 Å². The average Bonchev–Trinajstić information content (AvgIpc) is 2.25. The highest BCUT2D eigenvalue weighted by Gasteiger charge is 2.09. The Labute approximate surface area is 108 Å². The van der Waals surface area contributed by atoms with Crippen LogP contribution >= 0.6 is 24.6 Å². The number of nitrogens with one attached hydrogen (secondary N) is 1. The lowest BCUT2D eigenvalue weighted by Crippen LogP contribution is -2.38. The van der Waals surface area contributed by atoms with Crippen LogP contribution in [0.3, 0.4) is 0 Å². The molecule has 1 saturated heterocycles. The van der Waals surface area contributed by atoms with Crippen molar-refractivity contribution in [2.45, 2.75) is 13.3 Å². The second kappa shape index (κ2) is 8.87. The normalized spacial score (nSPS) is 16.3. The quantitative estimate of drug-likeness (QED) is 0.584. The molecular weight excluding hydrogens is 248 g/mol. The molecular formula is C10H19ClN2O2S. The van der Waals surface area contributed by atoms with E-state index in [1.165, 1.54) is 6.92 Å². The Balaban J connectivity index is 0.00000225. The molecule has 0 aromatic carbocycles. The predicted octanol–water partition coefficient (Wildman–Crippen LogP) is 0.636. The van der Waals surface area contributed by atoms with Crippen molar-refractivity contribution in [2.24, 2.45) is 0 Å². The highest BCUT2D eigenvalue weighted by molar-refractivity contribution is 7.82. The van der Waals surface area contributed by atoms with Crippen LogP contribution in [0.2, 0.25) is 0 Å². The molecule has 0 atom stereocenters. The van der Waals surface area contributed by atoms with Crippen LogP contribution in [-0.2, 0) is 9.53 Å². The lowest BCUT2D eigenvalue weighted by atomic mass is 10.3. The molecule has 16 heavy (non-hydrogen) atoms. The van der Waals surface area contributed by atoms with E-state index in [0.717, 1.165) is 45.8 Å². The van der Waals surface area contributed by atoms with Gasteiger partial charge in [0.05, 0.1) is 13.2 Å². The molecule has 94 valence electrons. The van der Waals surface area contributed by atoms with Crippen LogP contribution in [-0.4, -0.2) is 55.1 Å². The van der Waals surface area contributed by atoms with Gasteiger partial charge in [-0.1, -0.05) is 12.2 Å². The molecule has 0 aliphatic carbocycles. The number of carbonyl (C=O) groups is 1. The molecule has 0 bridgehead atoms. The Bertz CT molecular complexity index is 233. The van der Waals surface area contributed by atoms with Gasteiger partial charge < -0.3 is 10.1 Å². The van der Waals surface area contributed by atoms with E-state index in [-0.39, 0.29) is 18.2 Å². The van der Waals surface area contributed by atoms with Crippen LogP contribution in [0.15, 0.2) is 0 Å². The van der Waals surface area contributed by atoms with Gasteiger partial charge in [0, 0.05) is 26.6 Å². The van der Waals surface area contributed by atoms with Crippen LogP contribution < -0.4 is 5.32 Å². The number of hydrogen-bond donors (Lipinski definition) is 1. The third kappa shape index (κ3) is 6.37. The Morgan fingerprint density at radius 2 is 2.06 bits per heavy atom. The van der Waals surface area contributed by atoms with Crippen molar-refractivity contribution in [2.75, 3.05) is 39.4 Å². The number of hydrogen-bond acceptors (Lipinski definition) is 4. The molecule has 6 heteroatoms. The molecule has 4 nitrogen and oxygen atoms in total.